The molecule has 0 aliphatic heterocycles. The van der Waals surface area contributed by atoms with E-state index in [1.165, 1.54) is 16.7 Å². The minimum atomic E-state index is -0.705. The largest absolute Gasteiger partial charge is 0.143 e. The van der Waals surface area contributed by atoms with Crippen molar-refractivity contribution in [3.63, 3.8) is 0 Å². The molecule has 0 atom stereocenters. The van der Waals surface area contributed by atoms with E-state index >= 15 is 0 Å². The van der Waals surface area contributed by atoms with Gasteiger partial charge in [-0.15, -0.1) is 0 Å². The highest BCUT2D eigenvalue weighted by Crippen LogP contribution is 2.48. The Bertz CT molecular complexity index is 481. The summed E-state index contributed by atoms with van der Waals surface area (Å²) >= 11 is 12.6. The lowest BCUT2D eigenvalue weighted by molar-refractivity contribution is 0.873. The van der Waals surface area contributed by atoms with Gasteiger partial charge in [-0.25, -0.2) is 0 Å². The molecule has 1 aromatic rings. The number of hydrogen-bond acceptors (Lipinski definition) is 0. The Labute approximate surface area is 99.2 Å². The van der Waals surface area contributed by atoms with Gasteiger partial charge in [0, 0.05) is 6.42 Å². The van der Waals surface area contributed by atoms with Crippen LogP contribution >= 0.6 is 23.2 Å². The molecule has 15 heavy (non-hydrogen) atoms. The summed E-state index contributed by atoms with van der Waals surface area (Å²) in [5.41, 5.74) is 5.00. The second kappa shape index (κ2) is 3.13. The molecule has 76 valence electrons. The Morgan fingerprint density at radius 2 is 1.93 bits per heavy atom. The lowest BCUT2D eigenvalue weighted by Gasteiger charge is -2.23. The van der Waals surface area contributed by atoms with E-state index in [1.54, 1.807) is 0 Å². The lowest BCUT2D eigenvalue weighted by atomic mass is 9.97. The summed E-state index contributed by atoms with van der Waals surface area (Å²) in [6, 6.07) is 8.40. The molecule has 0 saturated heterocycles. The van der Waals surface area contributed by atoms with Crippen LogP contribution in [-0.4, -0.2) is 4.33 Å². The van der Waals surface area contributed by atoms with E-state index in [4.69, 9.17) is 23.2 Å². The van der Waals surface area contributed by atoms with Gasteiger partial charge in [0.2, 0.25) is 0 Å². The Kier molecular flexibility index (Phi) is 1.99. The van der Waals surface area contributed by atoms with E-state index in [0.29, 0.717) is 6.42 Å². The van der Waals surface area contributed by atoms with Gasteiger partial charge in [0.15, 0.2) is 0 Å². The molecular weight excluding hydrogens is 227 g/mol. The first kappa shape index (κ1) is 9.50. The van der Waals surface area contributed by atoms with Crippen molar-refractivity contribution in [2.24, 2.45) is 0 Å². The highest BCUT2D eigenvalue weighted by atomic mass is 35.5. The standard InChI is InChI=1S/C13H10Cl2/c14-13(15)7-3-6-11-10-5-2-1-4-9(10)8-12(11)13/h1-6H,7-8H2. The summed E-state index contributed by atoms with van der Waals surface area (Å²) in [4.78, 5) is 0. The average Bonchev–Trinajstić information content (AvgIpc) is 2.58. The second-order valence-corrected chi connectivity index (χ2v) is 5.52. The molecule has 3 rings (SSSR count). The normalized spacial score (nSPS) is 21.5. The molecule has 0 heterocycles. The van der Waals surface area contributed by atoms with Gasteiger partial charge in [-0.3, -0.25) is 0 Å². The van der Waals surface area contributed by atoms with Gasteiger partial charge in [-0.1, -0.05) is 59.6 Å². The summed E-state index contributed by atoms with van der Waals surface area (Å²) in [5, 5.41) is 0. The van der Waals surface area contributed by atoms with Crippen molar-refractivity contribution in [2.45, 2.75) is 17.2 Å². The molecular formula is C13H10Cl2. The molecule has 2 aliphatic rings. The van der Waals surface area contributed by atoms with Gasteiger partial charge in [0.1, 0.15) is 4.33 Å². The maximum absolute atomic E-state index is 6.32. The molecule has 0 nitrogen and oxygen atoms in total. The van der Waals surface area contributed by atoms with Crippen LogP contribution in [0.2, 0.25) is 0 Å². The number of alkyl halides is 2. The lowest BCUT2D eigenvalue weighted by Crippen LogP contribution is -2.18. The minimum Gasteiger partial charge on any atom is -0.0963 e. The third-order valence-electron chi connectivity index (χ3n) is 3.10. The zero-order chi connectivity index (χ0) is 10.5. The Balaban J connectivity index is 2.19. The molecule has 0 amide bonds. The predicted octanol–water partition coefficient (Wildman–Crippen LogP) is 4.13. The number of allylic oxidation sites excluding steroid dienone is 4. The minimum absolute atomic E-state index is 0.705. The van der Waals surface area contributed by atoms with E-state index < -0.39 is 4.33 Å². The summed E-state index contributed by atoms with van der Waals surface area (Å²) in [6.45, 7) is 0. The van der Waals surface area contributed by atoms with Gasteiger partial charge in [-0.05, 0) is 28.7 Å². The molecule has 0 aromatic heterocycles. The number of hydrogen-bond donors (Lipinski definition) is 0. The van der Waals surface area contributed by atoms with E-state index in [0.717, 1.165) is 12.0 Å². The maximum atomic E-state index is 6.32. The summed E-state index contributed by atoms with van der Waals surface area (Å²) < 4.78 is -0.705. The Morgan fingerprint density at radius 3 is 2.80 bits per heavy atom. The monoisotopic (exact) mass is 236 g/mol. The van der Waals surface area contributed by atoms with Crippen LogP contribution in [0.5, 0.6) is 0 Å². The second-order valence-electron chi connectivity index (χ2n) is 4.04. The third-order valence-corrected chi connectivity index (χ3v) is 3.86. The first-order chi connectivity index (χ1) is 7.18. The van der Waals surface area contributed by atoms with Crippen molar-refractivity contribution in [1.82, 2.24) is 0 Å². The molecule has 1 aromatic carbocycles. The fourth-order valence-electron chi connectivity index (χ4n) is 2.35. The molecule has 0 N–H and O–H groups in total. The van der Waals surface area contributed by atoms with Crippen LogP contribution in [0.3, 0.4) is 0 Å². The van der Waals surface area contributed by atoms with Crippen LogP contribution in [0, 0.1) is 0 Å². The Hall–Kier alpha value is -0.720. The van der Waals surface area contributed by atoms with E-state index in [-0.39, 0.29) is 0 Å². The van der Waals surface area contributed by atoms with Crippen molar-refractivity contribution >= 4 is 28.8 Å². The van der Waals surface area contributed by atoms with Crippen LogP contribution in [0.1, 0.15) is 17.5 Å². The fraction of sp³-hybridized carbons (Fsp3) is 0.231. The first-order valence-corrected chi connectivity index (χ1v) is 5.80. The zero-order valence-corrected chi connectivity index (χ0v) is 9.65. The summed E-state index contributed by atoms with van der Waals surface area (Å²) in [5.74, 6) is 0. The topological polar surface area (TPSA) is 0 Å². The van der Waals surface area contributed by atoms with Gasteiger partial charge in [-0.2, -0.15) is 0 Å². The molecule has 0 radical (unpaired) electrons. The molecule has 0 saturated carbocycles. The zero-order valence-electron chi connectivity index (χ0n) is 8.13. The highest BCUT2D eigenvalue weighted by Gasteiger charge is 2.36. The molecule has 0 bridgehead atoms. The number of rotatable bonds is 0. The predicted molar refractivity (Wildman–Crippen MR) is 65.3 cm³/mol. The van der Waals surface area contributed by atoms with Gasteiger partial charge in [0.25, 0.3) is 0 Å². The smallest absolute Gasteiger partial charge is 0.0963 e. The number of fused-ring (bicyclic) bond motifs is 2. The van der Waals surface area contributed by atoms with Crippen molar-refractivity contribution in [3.8, 4) is 0 Å². The van der Waals surface area contributed by atoms with E-state index in [1.807, 2.05) is 0 Å². The quantitative estimate of drug-likeness (QED) is 0.595. The van der Waals surface area contributed by atoms with Crippen LogP contribution in [0.4, 0.5) is 0 Å². The maximum Gasteiger partial charge on any atom is 0.143 e. The van der Waals surface area contributed by atoms with Crippen molar-refractivity contribution in [3.05, 3.63) is 53.1 Å². The SMILES string of the molecule is ClC1(Cl)CC=CC2=C1Cc1ccccc12. The van der Waals surface area contributed by atoms with Crippen LogP contribution < -0.4 is 0 Å². The molecule has 0 fully saturated rings. The molecule has 0 unspecified atom stereocenters. The highest BCUT2D eigenvalue weighted by molar-refractivity contribution is 6.51. The Morgan fingerprint density at radius 1 is 1.13 bits per heavy atom. The third kappa shape index (κ3) is 1.36. The molecule has 0 spiro atoms. The van der Waals surface area contributed by atoms with E-state index in [9.17, 15) is 0 Å². The average molecular weight is 237 g/mol. The van der Waals surface area contributed by atoms with Crippen molar-refractivity contribution in [1.29, 1.82) is 0 Å². The number of benzene rings is 1. The fourth-order valence-corrected chi connectivity index (χ4v) is 2.87. The van der Waals surface area contributed by atoms with E-state index in [2.05, 4.69) is 36.4 Å². The van der Waals surface area contributed by atoms with Gasteiger partial charge < -0.3 is 0 Å². The molecule has 2 heteroatoms. The first-order valence-electron chi connectivity index (χ1n) is 5.05. The van der Waals surface area contributed by atoms with Crippen LogP contribution in [0.15, 0.2) is 42.0 Å². The van der Waals surface area contributed by atoms with Gasteiger partial charge in [0.05, 0.1) is 0 Å². The summed E-state index contributed by atoms with van der Waals surface area (Å²) in [6.07, 6.45) is 5.80. The number of halogens is 2. The molecule has 2 aliphatic carbocycles. The van der Waals surface area contributed by atoms with Crippen molar-refractivity contribution in [2.75, 3.05) is 0 Å². The van der Waals surface area contributed by atoms with Crippen molar-refractivity contribution < 1.29 is 0 Å². The van der Waals surface area contributed by atoms with Crippen LogP contribution in [0.25, 0.3) is 5.57 Å². The van der Waals surface area contributed by atoms with Gasteiger partial charge >= 0.3 is 0 Å². The summed E-state index contributed by atoms with van der Waals surface area (Å²) in [7, 11) is 0. The van der Waals surface area contributed by atoms with Crippen LogP contribution in [-0.2, 0) is 6.42 Å².